The zero-order valence-corrected chi connectivity index (χ0v) is 14.8. The number of hydrogen-bond donors (Lipinski definition) is 2. The fraction of sp³-hybridized carbons (Fsp3) is 0.263. The van der Waals surface area contributed by atoms with Crippen LogP contribution in [0.1, 0.15) is 41.2 Å². The van der Waals surface area contributed by atoms with E-state index in [1.54, 1.807) is 18.2 Å². The first-order valence-corrected chi connectivity index (χ1v) is 8.41. The van der Waals surface area contributed by atoms with Crippen LogP contribution in [0.25, 0.3) is 5.65 Å². The summed E-state index contributed by atoms with van der Waals surface area (Å²) in [5.74, 6) is 0.387. The van der Waals surface area contributed by atoms with Crippen LogP contribution in [-0.4, -0.2) is 26.4 Å². The summed E-state index contributed by atoms with van der Waals surface area (Å²) in [7, 11) is 0. The van der Waals surface area contributed by atoms with Crippen molar-refractivity contribution in [1.29, 1.82) is 0 Å². The Bertz CT molecular complexity index is 1050. The molecule has 0 saturated heterocycles. The molecule has 1 aliphatic heterocycles. The second-order valence-electron chi connectivity index (χ2n) is 7.07. The highest BCUT2D eigenvalue weighted by atomic mass is 16.2. The van der Waals surface area contributed by atoms with Gasteiger partial charge in [0.25, 0.3) is 5.91 Å². The average molecular weight is 349 g/mol. The van der Waals surface area contributed by atoms with Gasteiger partial charge in [0.2, 0.25) is 5.91 Å². The van der Waals surface area contributed by atoms with Gasteiger partial charge in [0.05, 0.1) is 12.0 Å². The summed E-state index contributed by atoms with van der Waals surface area (Å²) in [5.41, 5.74) is 3.28. The van der Waals surface area contributed by atoms with Gasteiger partial charge < -0.3 is 10.6 Å². The first kappa shape index (κ1) is 16.3. The molecule has 0 bridgehead atoms. The Kier molecular flexibility index (Phi) is 3.54. The van der Waals surface area contributed by atoms with Crippen molar-refractivity contribution in [3.63, 3.8) is 0 Å². The van der Waals surface area contributed by atoms with E-state index >= 15 is 0 Å². The van der Waals surface area contributed by atoms with Crippen LogP contribution >= 0.6 is 0 Å². The van der Waals surface area contributed by atoms with E-state index in [0.717, 1.165) is 22.5 Å². The maximum absolute atomic E-state index is 12.6. The SMILES string of the molecule is Cc1ccc2nnc(CNC(=O)c3ccc4c(c3)C(C)(C)C(=O)N4)n2c1. The summed E-state index contributed by atoms with van der Waals surface area (Å²) in [4.78, 5) is 24.6. The molecule has 7 heteroatoms. The topological polar surface area (TPSA) is 88.4 Å². The molecule has 0 spiro atoms. The third kappa shape index (κ3) is 2.52. The molecule has 3 aromatic rings. The zero-order valence-electron chi connectivity index (χ0n) is 14.8. The number of fused-ring (bicyclic) bond motifs is 2. The van der Waals surface area contributed by atoms with Crippen LogP contribution < -0.4 is 10.6 Å². The molecule has 4 rings (SSSR count). The fourth-order valence-electron chi connectivity index (χ4n) is 3.14. The minimum Gasteiger partial charge on any atom is -0.345 e. The Balaban J connectivity index is 1.55. The number of anilines is 1. The molecule has 0 radical (unpaired) electrons. The third-order valence-electron chi connectivity index (χ3n) is 4.80. The molecule has 132 valence electrons. The van der Waals surface area contributed by atoms with Gasteiger partial charge >= 0.3 is 0 Å². The zero-order chi connectivity index (χ0) is 18.5. The van der Waals surface area contributed by atoms with Crippen molar-refractivity contribution in [2.24, 2.45) is 0 Å². The van der Waals surface area contributed by atoms with Crippen LogP contribution in [0.15, 0.2) is 36.5 Å². The average Bonchev–Trinajstić information content (AvgIpc) is 3.11. The number of benzene rings is 1. The van der Waals surface area contributed by atoms with E-state index in [1.807, 2.05) is 43.5 Å². The van der Waals surface area contributed by atoms with Crippen molar-refractivity contribution in [2.75, 3.05) is 5.32 Å². The predicted octanol–water partition coefficient (Wildman–Crippen LogP) is 2.20. The summed E-state index contributed by atoms with van der Waals surface area (Å²) >= 11 is 0. The van der Waals surface area contributed by atoms with Gasteiger partial charge in [0.1, 0.15) is 0 Å². The van der Waals surface area contributed by atoms with Gasteiger partial charge in [-0.1, -0.05) is 6.07 Å². The molecule has 26 heavy (non-hydrogen) atoms. The monoisotopic (exact) mass is 349 g/mol. The van der Waals surface area contributed by atoms with Crippen molar-refractivity contribution in [3.05, 3.63) is 59.0 Å². The number of hydrogen-bond acceptors (Lipinski definition) is 4. The highest BCUT2D eigenvalue weighted by Crippen LogP contribution is 2.37. The van der Waals surface area contributed by atoms with Crippen molar-refractivity contribution >= 4 is 23.1 Å². The summed E-state index contributed by atoms with van der Waals surface area (Å²) in [6.45, 7) is 5.95. The number of aromatic nitrogens is 3. The van der Waals surface area contributed by atoms with E-state index in [9.17, 15) is 9.59 Å². The summed E-state index contributed by atoms with van der Waals surface area (Å²) in [6.07, 6.45) is 1.94. The normalized spacial score (nSPS) is 15.0. The van der Waals surface area contributed by atoms with Crippen LogP contribution in [-0.2, 0) is 16.8 Å². The highest BCUT2D eigenvalue weighted by Gasteiger charge is 2.38. The molecule has 0 unspecified atom stereocenters. The Morgan fingerprint density at radius 2 is 2.04 bits per heavy atom. The smallest absolute Gasteiger partial charge is 0.251 e. The number of carbonyl (C=O) groups is 2. The number of amides is 2. The van der Waals surface area contributed by atoms with E-state index in [4.69, 9.17) is 0 Å². The minimum atomic E-state index is -0.646. The molecular formula is C19H19N5O2. The molecule has 2 aromatic heterocycles. The molecule has 3 heterocycles. The fourth-order valence-corrected chi connectivity index (χ4v) is 3.14. The highest BCUT2D eigenvalue weighted by molar-refractivity contribution is 6.07. The van der Waals surface area contributed by atoms with Gasteiger partial charge in [-0.15, -0.1) is 10.2 Å². The Hall–Kier alpha value is -3.22. The maximum Gasteiger partial charge on any atom is 0.251 e. The molecule has 0 saturated carbocycles. The molecular weight excluding hydrogens is 330 g/mol. The van der Waals surface area contributed by atoms with Crippen LogP contribution in [0, 0.1) is 6.92 Å². The summed E-state index contributed by atoms with van der Waals surface area (Å²) in [5, 5.41) is 14.0. The number of nitrogens with zero attached hydrogens (tertiary/aromatic N) is 3. The Morgan fingerprint density at radius 1 is 1.23 bits per heavy atom. The van der Waals surface area contributed by atoms with Crippen LogP contribution in [0.2, 0.25) is 0 Å². The molecule has 0 fully saturated rings. The summed E-state index contributed by atoms with van der Waals surface area (Å²) in [6, 6.07) is 9.11. The van der Waals surface area contributed by atoms with Gasteiger partial charge in [0, 0.05) is 17.4 Å². The van der Waals surface area contributed by atoms with Gasteiger partial charge in [0.15, 0.2) is 11.5 Å². The second kappa shape index (κ2) is 5.66. The largest absolute Gasteiger partial charge is 0.345 e. The second-order valence-corrected chi connectivity index (χ2v) is 7.07. The predicted molar refractivity (Wildman–Crippen MR) is 97.0 cm³/mol. The van der Waals surface area contributed by atoms with E-state index in [0.29, 0.717) is 11.4 Å². The summed E-state index contributed by atoms with van der Waals surface area (Å²) < 4.78 is 1.87. The molecule has 1 aromatic carbocycles. The van der Waals surface area contributed by atoms with Crippen LogP contribution in [0.5, 0.6) is 0 Å². The number of carbonyl (C=O) groups excluding carboxylic acids is 2. The number of nitrogens with one attached hydrogen (secondary N) is 2. The quantitative estimate of drug-likeness (QED) is 0.759. The van der Waals surface area contributed by atoms with Gasteiger partial charge in [-0.2, -0.15) is 0 Å². The Labute approximate surface area is 150 Å². The number of rotatable bonds is 3. The standard InChI is InChI=1S/C19H19N5O2/c1-11-4-7-15-22-23-16(24(15)10-11)9-20-17(25)12-5-6-14-13(8-12)19(2,3)18(26)21-14/h4-8,10H,9H2,1-3H3,(H,20,25)(H,21,26). The Morgan fingerprint density at radius 3 is 2.85 bits per heavy atom. The van der Waals surface area contributed by atoms with Gasteiger partial charge in [-0.25, -0.2) is 0 Å². The molecule has 2 amide bonds. The number of pyridine rings is 1. The lowest BCUT2D eigenvalue weighted by Gasteiger charge is -2.15. The van der Waals surface area contributed by atoms with E-state index in [-0.39, 0.29) is 18.4 Å². The van der Waals surface area contributed by atoms with Gasteiger partial charge in [-0.3, -0.25) is 14.0 Å². The molecule has 1 aliphatic rings. The molecule has 2 N–H and O–H groups in total. The van der Waals surface area contributed by atoms with Crippen molar-refractivity contribution in [1.82, 2.24) is 19.9 Å². The van der Waals surface area contributed by atoms with E-state index in [1.165, 1.54) is 0 Å². The number of aryl methyl sites for hydroxylation is 1. The van der Waals surface area contributed by atoms with E-state index < -0.39 is 5.41 Å². The molecule has 7 nitrogen and oxygen atoms in total. The molecule has 0 aliphatic carbocycles. The minimum absolute atomic E-state index is 0.0599. The maximum atomic E-state index is 12.6. The lowest BCUT2D eigenvalue weighted by molar-refractivity contribution is -0.119. The molecule has 0 atom stereocenters. The lowest BCUT2D eigenvalue weighted by atomic mass is 9.85. The van der Waals surface area contributed by atoms with Crippen LogP contribution in [0.3, 0.4) is 0 Å². The van der Waals surface area contributed by atoms with E-state index in [2.05, 4.69) is 20.8 Å². The first-order chi connectivity index (χ1) is 12.4. The van der Waals surface area contributed by atoms with Crippen molar-refractivity contribution < 1.29 is 9.59 Å². The third-order valence-corrected chi connectivity index (χ3v) is 4.80. The van der Waals surface area contributed by atoms with Crippen molar-refractivity contribution in [2.45, 2.75) is 32.7 Å². The van der Waals surface area contributed by atoms with Gasteiger partial charge in [-0.05, 0) is 56.2 Å². The van der Waals surface area contributed by atoms with Crippen LogP contribution in [0.4, 0.5) is 5.69 Å². The van der Waals surface area contributed by atoms with Crippen molar-refractivity contribution in [3.8, 4) is 0 Å². The lowest BCUT2D eigenvalue weighted by Crippen LogP contribution is -2.27. The first-order valence-electron chi connectivity index (χ1n) is 8.41.